The van der Waals surface area contributed by atoms with Crippen LogP contribution in [0.25, 0.3) is 43.6 Å². The van der Waals surface area contributed by atoms with Crippen molar-refractivity contribution in [3.8, 4) is 0 Å². The number of carbonyl (C=O) groups is 2. The number of hydrogen-bond acceptors (Lipinski definition) is 5. The van der Waals surface area contributed by atoms with Crippen molar-refractivity contribution in [2.24, 2.45) is 5.73 Å². The van der Waals surface area contributed by atoms with Gasteiger partial charge in [0.2, 0.25) is 5.91 Å². The lowest BCUT2D eigenvalue weighted by atomic mass is 9.91. The van der Waals surface area contributed by atoms with Crippen molar-refractivity contribution in [2.75, 3.05) is 14.2 Å². The molecule has 1 saturated heterocycles. The van der Waals surface area contributed by atoms with Crippen molar-refractivity contribution < 1.29 is 19.1 Å². The minimum Gasteiger partial charge on any atom is -0.374 e. The molecule has 5 atom stereocenters. The zero-order chi connectivity index (χ0) is 31.5. The van der Waals surface area contributed by atoms with E-state index in [0.29, 0.717) is 19.4 Å². The lowest BCUT2D eigenvalue weighted by molar-refractivity contribution is -0.266. The van der Waals surface area contributed by atoms with E-state index >= 15 is 0 Å². The minimum atomic E-state index is -1.01. The SMILES string of the molecule is CO[C@@H]1[C@H](N(C)C(=O)[C@@H](N)Cc2ccccc2)C[C@H]2O[C@]1(C)n1c3ccccc3c3c4c(c5c6ccccc6n2c5c31)C(=O)NC4. The van der Waals surface area contributed by atoms with Gasteiger partial charge >= 0.3 is 0 Å². The van der Waals surface area contributed by atoms with Gasteiger partial charge in [0.15, 0.2) is 5.72 Å². The molecular weight excluding hydrogens is 578 g/mol. The second kappa shape index (κ2) is 9.65. The summed E-state index contributed by atoms with van der Waals surface area (Å²) >= 11 is 0. The Labute approximate surface area is 265 Å². The van der Waals surface area contributed by atoms with Gasteiger partial charge in [-0.1, -0.05) is 66.7 Å². The molecule has 9 rings (SSSR count). The van der Waals surface area contributed by atoms with E-state index in [1.54, 1.807) is 12.0 Å². The largest absolute Gasteiger partial charge is 0.374 e. The second-order valence-electron chi connectivity index (χ2n) is 13.1. The van der Waals surface area contributed by atoms with Crippen LogP contribution in [0.2, 0.25) is 0 Å². The van der Waals surface area contributed by atoms with E-state index in [4.69, 9.17) is 15.2 Å². The van der Waals surface area contributed by atoms with Crippen LogP contribution < -0.4 is 11.1 Å². The third kappa shape index (κ3) is 3.45. The third-order valence-electron chi connectivity index (χ3n) is 10.7. The van der Waals surface area contributed by atoms with E-state index < -0.39 is 24.1 Å². The van der Waals surface area contributed by atoms with E-state index in [1.807, 2.05) is 61.6 Å². The molecule has 232 valence electrons. The van der Waals surface area contributed by atoms with Gasteiger partial charge in [0.1, 0.15) is 12.3 Å². The second-order valence-corrected chi connectivity index (χ2v) is 13.1. The van der Waals surface area contributed by atoms with Gasteiger partial charge in [-0.3, -0.25) is 9.59 Å². The highest BCUT2D eigenvalue weighted by molar-refractivity contribution is 6.31. The van der Waals surface area contributed by atoms with Crippen LogP contribution >= 0.6 is 0 Å². The Morgan fingerprint density at radius 2 is 1.70 bits per heavy atom. The van der Waals surface area contributed by atoms with Crippen LogP contribution in [-0.2, 0) is 33.0 Å². The zero-order valence-corrected chi connectivity index (χ0v) is 26.0. The Morgan fingerprint density at radius 3 is 2.43 bits per heavy atom. The average Bonchev–Trinajstić information content (AvgIpc) is 3.72. The summed E-state index contributed by atoms with van der Waals surface area (Å²) in [6.07, 6.45) is -0.0557. The number of nitrogens with zero attached hydrogens (tertiary/aromatic N) is 3. The third-order valence-corrected chi connectivity index (χ3v) is 10.7. The van der Waals surface area contributed by atoms with Crippen LogP contribution in [0.1, 0.15) is 41.1 Å². The molecule has 0 aliphatic carbocycles. The van der Waals surface area contributed by atoms with Gasteiger partial charge < -0.3 is 34.6 Å². The lowest BCUT2D eigenvalue weighted by Crippen LogP contribution is -2.62. The quantitative estimate of drug-likeness (QED) is 0.280. The van der Waals surface area contributed by atoms with Gasteiger partial charge in [-0.25, -0.2) is 0 Å². The Bertz CT molecular complexity index is 2250. The van der Waals surface area contributed by atoms with Crippen LogP contribution in [0.5, 0.6) is 0 Å². The van der Waals surface area contributed by atoms with Gasteiger partial charge in [0.05, 0.1) is 39.7 Å². The summed E-state index contributed by atoms with van der Waals surface area (Å²) < 4.78 is 18.2. The molecule has 9 heteroatoms. The molecule has 3 aliphatic rings. The Kier molecular flexibility index (Phi) is 5.79. The maximum Gasteiger partial charge on any atom is 0.252 e. The number of fused-ring (bicyclic) bond motifs is 13. The van der Waals surface area contributed by atoms with E-state index in [-0.39, 0.29) is 17.9 Å². The first kappa shape index (κ1) is 27.6. The fourth-order valence-corrected chi connectivity index (χ4v) is 8.77. The molecule has 2 amide bonds. The molecule has 9 nitrogen and oxygen atoms in total. The van der Waals surface area contributed by atoms with Crippen LogP contribution in [0.4, 0.5) is 0 Å². The van der Waals surface area contributed by atoms with Crippen molar-refractivity contribution >= 4 is 55.4 Å². The highest BCUT2D eigenvalue weighted by Crippen LogP contribution is 2.54. The van der Waals surface area contributed by atoms with Gasteiger partial charge in [-0.05, 0) is 36.6 Å². The van der Waals surface area contributed by atoms with E-state index in [2.05, 4.69) is 45.6 Å². The van der Waals surface area contributed by atoms with Crippen molar-refractivity contribution in [3.63, 3.8) is 0 Å². The summed E-state index contributed by atoms with van der Waals surface area (Å²) in [5, 5.41) is 7.19. The first-order valence-corrected chi connectivity index (χ1v) is 15.9. The highest BCUT2D eigenvalue weighted by Gasteiger charge is 2.55. The number of rotatable bonds is 5. The van der Waals surface area contributed by atoms with Gasteiger partial charge in [0, 0.05) is 48.7 Å². The summed E-state index contributed by atoms with van der Waals surface area (Å²) in [5.41, 5.74) is 12.3. The van der Waals surface area contributed by atoms with Crippen molar-refractivity contribution in [1.29, 1.82) is 0 Å². The van der Waals surface area contributed by atoms with Gasteiger partial charge in [0.25, 0.3) is 5.91 Å². The molecule has 46 heavy (non-hydrogen) atoms. The van der Waals surface area contributed by atoms with Gasteiger partial charge in [-0.2, -0.15) is 0 Å². The fourth-order valence-electron chi connectivity index (χ4n) is 8.77. The van der Waals surface area contributed by atoms with E-state index in [1.165, 1.54) is 0 Å². The molecule has 6 aromatic rings. The number of methoxy groups -OCH3 is 1. The highest BCUT2D eigenvalue weighted by atomic mass is 16.6. The summed E-state index contributed by atoms with van der Waals surface area (Å²) in [5.74, 6) is -0.197. The number of nitrogens with one attached hydrogen (secondary N) is 1. The molecule has 1 fully saturated rings. The number of benzene rings is 4. The number of hydrogen-bond donors (Lipinski definition) is 2. The standard InChI is InChI=1S/C37H35N5O4/c1-37-34(45-3)27(40(2)36(44)24(38)17-20-11-5-4-6-12-20)18-28(46-37)41-25-15-9-7-13-21(25)30-31-23(19-39-35(31)43)29-22-14-8-10-16-26(22)42(37)33(29)32(30)41/h4-16,24,27-28,34H,17-19,38H2,1-3H3,(H,39,43)/t24-,27+,28+,34+,37-/m0/s1. The van der Waals surface area contributed by atoms with Crippen LogP contribution in [-0.4, -0.2) is 58.2 Å². The maximum absolute atomic E-state index is 14.1. The topological polar surface area (TPSA) is 104 Å². The first-order chi connectivity index (χ1) is 22.3. The molecule has 5 heterocycles. The van der Waals surface area contributed by atoms with E-state index in [9.17, 15) is 9.59 Å². The molecule has 0 saturated carbocycles. The number of likely N-dealkylation sites (N-methyl/N-ethyl adjacent to an activating group) is 1. The predicted molar refractivity (Wildman–Crippen MR) is 177 cm³/mol. The summed E-state index contributed by atoms with van der Waals surface area (Å²) in [7, 11) is 3.53. The Hall–Kier alpha value is -4.70. The monoisotopic (exact) mass is 613 g/mol. The number of nitrogens with two attached hydrogens (primary N) is 1. The molecule has 0 spiro atoms. The fraction of sp³-hybridized carbons (Fsp3) is 0.297. The lowest BCUT2D eigenvalue weighted by Gasteiger charge is -2.50. The minimum absolute atomic E-state index is 0.0543. The number of para-hydroxylation sites is 2. The van der Waals surface area contributed by atoms with Crippen LogP contribution in [0.15, 0.2) is 78.9 Å². The van der Waals surface area contributed by atoms with Crippen molar-refractivity contribution in [2.45, 2.75) is 56.5 Å². The smallest absolute Gasteiger partial charge is 0.252 e. The molecule has 2 bridgehead atoms. The molecule has 0 radical (unpaired) electrons. The predicted octanol–water partition coefficient (Wildman–Crippen LogP) is 5.16. The number of amides is 2. The van der Waals surface area contributed by atoms with Crippen LogP contribution in [0, 0.1) is 0 Å². The molecule has 3 aliphatic heterocycles. The van der Waals surface area contributed by atoms with Crippen LogP contribution in [0.3, 0.4) is 0 Å². The number of aromatic nitrogens is 2. The summed E-state index contributed by atoms with van der Waals surface area (Å²) in [6.45, 7) is 2.54. The summed E-state index contributed by atoms with van der Waals surface area (Å²) in [6, 6.07) is 25.3. The average molecular weight is 614 g/mol. The Morgan fingerprint density at radius 1 is 1.02 bits per heavy atom. The van der Waals surface area contributed by atoms with Crippen molar-refractivity contribution in [3.05, 3.63) is 95.6 Å². The van der Waals surface area contributed by atoms with Crippen molar-refractivity contribution in [1.82, 2.24) is 19.4 Å². The molecule has 3 N–H and O–H groups in total. The zero-order valence-electron chi connectivity index (χ0n) is 26.0. The Balaban J connectivity index is 1.32. The molecule has 0 unspecified atom stereocenters. The van der Waals surface area contributed by atoms with Gasteiger partial charge in [-0.15, -0.1) is 0 Å². The maximum atomic E-state index is 14.1. The number of carbonyl (C=O) groups excluding carboxylic acids is 2. The molecular formula is C37H35N5O4. The normalized spacial score (nSPS) is 24.1. The first-order valence-electron chi connectivity index (χ1n) is 15.9. The number of ether oxygens (including phenoxy) is 2. The molecule has 4 aromatic carbocycles. The summed E-state index contributed by atoms with van der Waals surface area (Å²) in [4.78, 5) is 29.4. The van der Waals surface area contributed by atoms with E-state index in [0.717, 1.165) is 60.3 Å². The molecule has 2 aromatic heterocycles.